The van der Waals surface area contributed by atoms with Crippen molar-refractivity contribution in [3.05, 3.63) is 47.8 Å². The molecule has 0 saturated heterocycles. The van der Waals surface area contributed by atoms with Crippen molar-refractivity contribution in [2.24, 2.45) is 7.05 Å². The summed E-state index contributed by atoms with van der Waals surface area (Å²) in [4.78, 5) is 8.92. The third kappa shape index (κ3) is 1.76. The molecule has 19 heavy (non-hydrogen) atoms. The Labute approximate surface area is 111 Å². The van der Waals surface area contributed by atoms with E-state index >= 15 is 0 Å². The maximum Gasteiger partial charge on any atom is 0.142 e. The lowest BCUT2D eigenvalue weighted by Gasteiger charge is -2.04. The Morgan fingerprint density at radius 3 is 2.84 bits per heavy atom. The van der Waals surface area contributed by atoms with Crippen LogP contribution in [0.4, 0.5) is 0 Å². The summed E-state index contributed by atoms with van der Waals surface area (Å²) in [5.41, 5.74) is 4.43. The molecule has 0 N–H and O–H groups in total. The first-order valence-corrected chi connectivity index (χ1v) is 5.99. The smallest absolute Gasteiger partial charge is 0.142 e. The van der Waals surface area contributed by atoms with Gasteiger partial charge in [-0.1, -0.05) is 0 Å². The number of hydrogen-bond donors (Lipinski definition) is 0. The van der Waals surface area contributed by atoms with Crippen LogP contribution in [-0.2, 0) is 7.05 Å². The first-order chi connectivity index (χ1) is 9.20. The van der Waals surface area contributed by atoms with Gasteiger partial charge in [0.1, 0.15) is 5.82 Å². The molecule has 0 spiro atoms. The van der Waals surface area contributed by atoms with Crippen molar-refractivity contribution < 1.29 is 0 Å². The van der Waals surface area contributed by atoms with Gasteiger partial charge >= 0.3 is 0 Å². The zero-order chi connectivity index (χ0) is 13.4. The number of aromatic nitrogens is 3. The van der Waals surface area contributed by atoms with E-state index in [1.54, 1.807) is 6.20 Å². The molecule has 0 unspecified atom stereocenters. The summed E-state index contributed by atoms with van der Waals surface area (Å²) in [6, 6.07) is 11.6. The SMILES string of the molecule is Cc1ncccc1-c1nc2cc(C#N)ccc2n1C. The second-order valence-electron chi connectivity index (χ2n) is 4.45. The highest BCUT2D eigenvalue weighted by Crippen LogP contribution is 2.25. The van der Waals surface area contributed by atoms with Crippen molar-refractivity contribution in [1.82, 2.24) is 14.5 Å². The molecular weight excluding hydrogens is 236 g/mol. The fraction of sp³-hybridized carbons (Fsp3) is 0.133. The third-order valence-electron chi connectivity index (χ3n) is 3.26. The number of pyridine rings is 1. The Morgan fingerprint density at radius 1 is 1.26 bits per heavy atom. The van der Waals surface area contributed by atoms with Gasteiger partial charge in [-0.25, -0.2) is 4.98 Å². The van der Waals surface area contributed by atoms with Gasteiger partial charge < -0.3 is 4.57 Å². The van der Waals surface area contributed by atoms with Gasteiger partial charge in [0.15, 0.2) is 0 Å². The lowest BCUT2D eigenvalue weighted by molar-refractivity contribution is 0.953. The molecule has 4 nitrogen and oxygen atoms in total. The van der Waals surface area contributed by atoms with E-state index in [0.29, 0.717) is 5.56 Å². The van der Waals surface area contributed by atoms with Crippen molar-refractivity contribution in [2.75, 3.05) is 0 Å². The summed E-state index contributed by atoms with van der Waals surface area (Å²) < 4.78 is 2.03. The van der Waals surface area contributed by atoms with Crippen molar-refractivity contribution in [3.8, 4) is 17.5 Å². The molecule has 2 aromatic heterocycles. The van der Waals surface area contributed by atoms with Crippen LogP contribution >= 0.6 is 0 Å². The standard InChI is InChI=1S/C15H12N4/c1-10-12(4-3-7-17-10)15-18-13-8-11(9-16)5-6-14(13)19(15)2/h3-8H,1-2H3. The van der Waals surface area contributed by atoms with Gasteiger partial charge in [0.2, 0.25) is 0 Å². The third-order valence-corrected chi connectivity index (χ3v) is 3.26. The van der Waals surface area contributed by atoms with Gasteiger partial charge in [-0.2, -0.15) is 5.26 Å². The number of rotatable bonds is 1. The quantitative estimate of drug-likeness (QED) is 0.665. The average Bonchev–Trinajstić information content (AvgIpc) is 2.76. The lowest BCUT2D eigenvalue weighted by Crippen LogP contribution is -1.95. The summed E-state index contributed by atoms with van der Waals surface area (Å²) in [5, 5.41) is 8.94. The number of nitriles is 1. The predicted octanol–water partition coefficient (Wildman–Crippen LogP) is 2.82. The maximum absolute atomic E-state index is 8.94. The molecule has 0 saturated carbocycles. The van der Waals surface area contributed by atoms with Gasteiger partial charge in [0.05, 0.1) is 22.7 Å². The maximum atomic E-state index is 8.94. The molecule has 4 heteroatoms. The number of aryl methyl sites for hydroxylation is 2. The number of benzene rings is 1. The molecule has 0 aliphatic rings. The first kappa shape index (κ1) is 11.4. The molecule has 0 amide bonds. The number of fused-ring (bicyclic) bond motifs is 1. The molecule has 1 aromatic carbocycles. The minimum Gasteiger partial charge on any atom is -0.327 e. The molecule has 92 valence electrons. The summed E-state index contributed by atoms with van der Waals surface area (Å²) >= 11 is 0. The van der Waals surface area contributed by atoms with Crippen LogP contribution in [0.15, 0.2) is 36.5 Å². The van der Waals surface area contributed by atoms with Gasteiger partial charge in [-0.15, -0.1) is 0 Å². The van der Waals surface area contributed by atoms with Crippen molar-refractivity contribution >= 4 is 11.0 Å². The van der Waals surface area contributed by atoms with Crippen LogP contribution in [0.2, 0.25) is 0 Å². The largest absolute Gasteiger partial charge is 0.327 e. The monoisotopic (exact) mass is 248 g/mol. The predicted molar refractivity (Wildman–Crippen MR) is 73.4 cm³/mol. The van der Waals surface area contributed by atoms with Crippen LogP contribution in [-0.4, -0.2) is 14.5 Å². The fourth-order valence-electron chi connectivity index (χ4n) is 2.23. The van der Waals surface area contributed by atoms with E-state index < -0.39 is 0 Å². The Kier molecular flexibility index (Phi) is 2.53. The van der Waals surface area contributed by atoms with E-state index in [1.807, 2.05) is 48.9 Å². The number of imidazole rings is 1. The highest BCUT2D eigenvalue weighted by atomic mass is 15.1. The normalized spacial score (nSPS) is 10.6. The van der Waals surface area contributed by atoms with E-state index in [2.05, 4.69) is 16.0 Å². The van der Waals surface area contributed by atoms with E-state index in [0.717, 1.165) is 28.1 Å². The second kappa shape index (κ2) is 4.21. The molecule has 0 fully saturated rings. The molecule has 0 aliphatic carbocycles. The first-order valence-electron chi connectivity index (χ1n) is 5.99. The number of nitrogens with zero attached hydrogens (tertiary/aromatic N) is 4. The molecule has 0 bridgehead atoms. The van der Waals surface area contributed by atoms with Crippen LogP contribution in [0.5, 0.6) is 0 Å². The van der Waals surface area contributed by atoms with E-state index in [9.17, 15) is 0 Å². The highest BCUT2D eigenvalue weighted by Gasteiger charge is 2.12. The Morgan fingerprint density at radius 2 is 2.11 bits per heavy atom. The molecule has 2 heterocycles. The molecular formula is C15H12N4. The second-order valence-corrected chi connectivity index (χ2v) is 4.45. The average molecular weight is 248 g/mol. The molecule has 0 atom stereocenters. The zero-order valence-corrected chi connectivity index (χ0v) is 10.8. The summed E-state index contributed by atoms with van der Waals surface area (Å²) in [5.74, 6) is 0.871. The van der Waals surface area contributed by atoms with Gasteiger partial charge in [-0.05, 0) is 37.3 Å². The molecule has 3 rings (SSSR count). The van der Waals surface area contributed by atoms with Crippen molar-refractivity contribution in [1.29, 1.82) is 5.26 Å². The molecule has 0 aliphatic heterocycles. The van der Waals surface area contributed by atoms with Crippen molar-refractivity contribution in [2.45, 2.75) is 6.92 Å². The van der Waals surface area contributed by atoms with E-state index in [1.165, 1.54) is 0 Å². The van der Waals surface area contributed by atoms with E-state index in [-0.39, 0.29) is 0 Å². The number of hydrogen-bond acceptors (Lipinski definition) is 3. The fourth-order valence-corrected chi connectivity index (χ4v) is 2.23. The summed E-state index contributed by atoms with van der Waals surface area (Å²) in [6.07, 6.45) is 1.77. The van der Waals surface area contributed by atoms with Crippen LogP contribution in [0.1, 0.15) is 11.3 Å². The summed E-state index contributed by atoms with van der Waals surface area (Å²) in [7, 11) is 1.98. The van der Waals surface area contributed by atoms with Crippen molar-refractivity contribution in [3.63, 3.8) is 0 Å². The topological polar surface area (TPSA) is 54.5 Å². The zero-order valence-electron chi connectivity index (χ0n) is 10.8. The van der Waals surface area contributed by atoms with Crippen LogP contribution in [0.25, 0.3) is 22.4 Å². The Bertz CT molecular complexity index is 809. The minimum absolute atomic E-state index is 0.625. The van der Waals surface area contributed by atoms with Gasteiger partial charge in [-0.3, -0.25) is 4.98 Å². The molecule has 0 radical (unpaired) electrons. The van der Waals surface area contributed by atoms with Gasteiger partial charge in [0, 0.05) is 24.5 Å². The highest BCUT2D eigenvalue weighted by molar-refractivity contribution is 5.82. The summed E-state index contributed by atoms with van der Waals surface area (Å²) in [6.45, 7) is 1.97. The van der Waals surface area contributed by atoms with Crippen LogP contribution < -0.4 is 0 Å². The molecule has 3 aromatic rings. The lowest BCUT2D eigenvalue weighted by atomic mass is 10.2. The van der Waals surface area contributed by atoms with Crippen LogP contribution in [0, 0.1) is 18.3 Å². The van der Waals surface area contributed by atoms with Gasteiger partial charge in [0.25, 0.3) is 0 Å². The Balaban J connectivity index is 2.29. The van der Waals surface area contributed by atoms with Crippen LogP contribution in [0.3, 0.4) is 0 Å². The Hall–Kier alpha value is -2.67. The minimum atomic E-state index is 0.625. The van der Waals surface area contributed by atoms with E-state index in [4.69, 9.17) is 5.26 Å².